The second kappa shape index (κ2) is 6.55. The maximum Gasteiger partial charge on any atom is 0.326 e. The Hall–Kier alpha value is -1.44. The second-order valence-corrected chi connectivity index (χ2v) is 6.74. The van der Waals surface area contributed by atoms with Gasteiger partial charge < -0.3 is 9.84 Å². The highest BCUT2D eigenvalue weighted by Crippen LogP contribution is 2.22. The predicted molar refractivity (Wildman–Crippen MR) is 78.5 cm³/mol. The molecular weight excluding hydrogens is 294 g/mol. The highest BCUT2D eigenvalue weighted by atomic mass is 32.2. The van der Waals surface area contributed by atoms with E-state index in [2.05, 4.69) is 9.46 Å². The van der Waals surface area contributed by atoms with Crippen LogP contribution in [0.25, 0.3) is 0 Å². The lowest BCUT2D eigenvalue weighted by Crippen LogP contribution is -2.48. The Labute approximate surface area is 125 Å². The average molecular weight is 315 g/mol. The molecular formula is C14H21NO5S. The van der Waals surface area contributed by atoms with Crippen molar-refractivity contribution in [3.05, 3.63) is 28.8 Å². The summed E-state index contributed by atoms with van der Waals surface area (Å²) < 4.78 is 31.7. The molecule has 0 radical (unpaired) electrons. The number of esters is 1. The third-order valence-corrected chi connectivity index (χ3v) is 4.84. The van der Waals surface area contributed by atoms with Crippen molar-refractivity contribution < 1.29 is 23.1 Å². The molecule has 2 N–H and O–H groups in total. The van der Waals surface area contributed by atoms with Gasteiger partial charge in [-0.3, -0.25) is 4.79 Å². The summed E-state index contributed by atoms with van der Waals surface area (Å²) in [7, 11) is -2.82. The summed E-state index contributed by atoms with van der Waals surface area (Å²) in [5, 5.41) is 9.58. The fraction of sp³-hybridized carbons (Fsp3) is 0.500. The number of aliphatic hydroxyl groups is 1. The molecule has 0 aromatic heterocycles. The van der Waals surface area contributed by atoms with Gasteiger partial charge in [0.25, 0.3) is 0 Å². The van der Waals surface area contributed by atoms with Crippen molar-refractivity contribution in [2.75, 3.05) is 7.11 Å². The van der Waals surface area contributed by atoms with E-state index in [1.54, 1.807) is 26.0 Å². The van der Waals surface area contributed by atoms with Crippen LogP contribution in [-0.2, 0) is 19.6 Å². The Balaban J connectivity index is 3.26. The molecule has 1 aromatic rings. The van der Waals surface area contributed by atoms with E-state index in [9.17, 15) is 18.3 Å². The van der Waals surface area contributed by atoms with Gasteiger partial charge in [0, 0.05) is 0 Å². The van der Waals surface area contributed by atoms with Crippen LogP contribution in [0.2, 0.25) is 0 Å². The van der Waals surface area contributed by atoms with Crippen LogP contribution in [0, 0.1) is 20.8 Å². The number of ether oxygens (including phenoxy) is 1. The number of hydrogen-bond acceptors (Lipinski definition) is 5. The van der Waals surface area contributed by atoms with E-state index in [-0.39, 0.29) is 4.90 Å². The zero-order chi connectivity index (χ0) is 16.4. The van der Waals surface area contributed by atoms with Crippen molar-refractivity contribution >= 4 is 16.0 Å². The number of carbonyl (C=O) groups excluding carboxylic acids is 1. The van der Waals surface area contributed by atoms with Crippen LogP contribution >= 0.6 is 0 Å². The van der Waals surface area contributed by atoms with Crippen molar-refractivity contribution in [2.24, 2.45) is 0 Å². The third-order valence-electron chi connectivity index (χ3n) is 3.09. The molecule has 0 spiro atoms. The summed E-state index contributed by atoms with van der Waals surface area (Å²) in [4.78, 5) is 11.7. The average Bonchev–Trinajstić information content (AvgIpc) is 2.33. The number of nitrogens with one attached hydrogen (secondary N) is 1. The standard InChI is InChI=1S/C14H21NO5S/c1-8-6-9(2)13(10(3)7-8)21(18,19)15-12(11(4)16)14(17)20-5/h6-7,11-12,15-16H,1-5H3/t11-,12-/m1/s1. The summed E-state index contributed by atoms with van der Waals surface area (Å²) in [6.45, 7) is 6.56. The molecule has 118 valence electrons. The summed E-state index contributed by atoms with van der Waals surface area (Å²) in [5.74, 6) is -0.837. The molecule has 0 heterocycles. The first-order chi connectivity index (χ1) is 9.60. The zero-order valence-electron chi connectivity index (χ0n) is 12.8. The van der Waals surface area contributed by atoms with E-state index in [4.69, 9.17) is 0 Å². The van der Waals surface area contributed by atoms with Crippen LogP contribution in [-0.4, -0.2) is 38.7 Å². The second-order valence-electron chi connectivity index (χ2n) is 5.09. The third kappa shape index (κ3) is 4.03. The molecule has 0 bridgehead atoms. The van der Waals surface area contributed by atoms with Crippen LogP contribution < -0.4 is 4.72 Å². The molecule has 0 amide bonds. The molecule has 0 unspecified atom stereocenters. The van der Waals surface area contributed by atoms with Gasteiger partial charge >= 0.3 is 5.97 Å². The molecule has 21 heavy (non-hydrogen) atoms. The monoisotopic (exact) mass is 315 g/mol. The van der Waals surface area contributed by atoms with E-state index in [0.29, 0.717) is 11.1 Å². The maximum atomic E-state index is 12.5. The van der Waals surface area contributed by atoms with Crippen LogP contribution in [0.5, 0.6) is 0 Å². The number of sulfonamides is 1. The van der Waals surface area contributed by atoms with Gasteiger partial charge in [0.05, 0.1) is 18.1 Å². The molecule has 2 atom stereocenters. The predicted octanol–water partition coefficient (Wildman–Crippen LogP) is 0.813. The van der Waals surface area contributed by atoms with E-state index in [1.807, 2.05) is 6.92 Å². The fourth-order valence-corrected chi connectivity index (χ4v) is 4.00. The summed E-state index contributed by atoms with van der Waals surface area (Å²) in [6.07, 6.45) is -1.21. The number of hydrogen-bond donors (Lipinski definition) is 2. The van der Waals surface area contributed by atoms with E-state index in [1.165, 1.54) is 6.92 Å². The van der Waals surface area contributed by atoms with Crippen molar-refractivity contribution in [3.8, 4) is 0 Å². The Morgan fingerprint density at radius 3 is 2.10 bits per heavy atom. The minimum Gasteiger partial charge on any atom is -0.468 e. The molecule has 0 aliphatic carbocycles. The molecule has 1 rings (SSSR count). The summed E-state index contributed by atoms with van der Waals surface area (Å²) >= 11 is 0. The van der Waals surface area contributed by atoms with Gasteiger partial charge in [0.15, 0.2) is 0 Å². The number of rotatable bonds is 5. The lowest BCUT2D eigenvalue weighted by Gasteiger charge is -2.20. The molecule has 0 aliphatic heterocycles. The Bertz CT molecular complexity index is 614. The molecule has 0 saturated heterocycles. The molecule has 0 aliphatic rings. The quantitative estimate of drug-likeness (QED) is 0.785. The Morgan fingerprint density at radius 1 is 1.24 bits per heavy atom. The van der Waals surface area contributed by atoms with Crippen molar-refractivity contribution in [1.82, 2.24) is 4.72 Å². The van der Waals surface area contributed by atoms with E-state index >= 15 is 0 Å². The first kappa shape index (κ1) is 17.6. The van der Waals surface area contributed by atoms with E-state index in [0.717, 1.165) is 12.7 Å². The summed E-state index contributed by atoms with van der Waals surface area (Å²) in [6, 6.07) is 2.15. The SMILES string of the molecule is COC(=O)[C@H](NS(=O)(=O)c1c(C)cc(C)cc1C)[C@@H](C)O. The van der Waals surface area contributed by atoms with Gasteiger partial charge in [0.1, 0.15) is 6.04 Å². The van der Waals surface area contributed by atoms with Crippen LogP contribution in [0.4, 0.5) is 0 Å². The highest BCUT2D eigenvalue weighted by molar-refractivity contribution is 7.89. The molecule has 0 saturated carbocycles. The number of aliphatic hydroxyl groups excluding tert-OH is 1. The van der Waals surface area contributed by atoms with Gasteiger partial charge in [-0.1, -0.05) is 17.7 Å². The van der Waals surface area contributed by atoms with Crippen LogP contribution in [0.15, 0.2) is 17.0 Å². The Morgan fingerprint density at radius 2 is 1.71 bits per heavy atom. The fourth-order valence-electron chi connectivity index (χ4n) is 2.29. The number of benzene rings is 1. The van der Waals surface area contributed by atoms with Gasteiger partial charge in [-0.25, -0.2) is 8.42 Å². The molecule has 6 nitrogen and oxygen atoms in total. The van der Waals surface area contributed by atoms with Gasteiger partial charge in [0.2, 0.25) is 10.0 Å². The normalized spacial score (nSPS) is 14.6. The lowest BCUT2D eigenvalue weighted by molar-refractivity contribution is -0.145. The molecule has 1 aromatic carbocycles. The number of aryl methyl sites for hydroxylation is 3. The molecule has 0 fully saturated rings. The highest BCUT2D eigenvalue weighted by Gasteiger charge is 2.31. The van der Waals surface area contributed by atoms with Crippen molar-refractivity contribution in [3.63, 3.8) is 0 Å². The minimum atomic E-state index is -3.95. The Kier molecular flexibility index (Phi) is 5.49. The maximum absolute atomic E-state index is 12.5. The van der Waals surface area contributed by atoms with E-state index < -0.39 is 28.1 Å². The number of methoxy groups -OCH3 is 1. The van der Waals surface area contributed by atoms with Gasteiger partial charge in [-0.2, -0.15) is 4.72 Å². The summed E-state index contributed by atoms with van der Waals surface area (Å²) in [5.41, 5.74) is 2.10. The first-order valence-corrected chi connectivity index (χ1v) is 7.94. The number of carbonyl (C=O) groups is 1. The molecule has 7 heteroatoms. The van der Waals surface area contributed by atoms with Crippen LogP contribution in [0.3, 0.4) is 0 Å². The van der Waals surface area contributed by atoms with Crippen molar-refractivity contribution in [2.45, 2.75) is 44.7 Å². The largest absolute Gasteiger partial charge is 0.468 e. The van der Waals surface area contributed by atoms with Crippen molar-refractivity contribution in [1.29, 1.82) is 0 Å². The van der Waals surface area contributed by atoms with Crippen LogP contribution in [0.1, 0.15) is 23.6 Å². The first-order valence-electron chi connectivity index (χ1n) is 6.46. The minimum absolute atomic E-state index is 0.114. The lowest BCUT2D eigenvalue weighted by atomic mass is 10.1. The van der Waals surface area contributed by atoms with Gasteiger partial charge in [-0.15, -0.1) is 0 Å². The topological polar surface area (TPSA) is 92.7 Å². The zero-order valence-corrected chi connectivity index (χ0v) is 13.6. The van der Waals surface area contributed by atoms with Gasteiger partial charge in [-0.05, 0) is 38.8 Å². The smallest absolute Gasteiger partial charge is 0.326 e.